The van der Waals surface area contributed by atoms with Gasteiger partial charge in [-0.05, 0) is 25.0 Å². The van der Waals surface area contributed by atoms with Crippen molar-refractivity contribution in [2.75, 3.05) is 24.2 Å². The molecule has 0 spiro atoms. The number of hydrogen-bond donors (Lipinski definition) is 3. The summed E-state index contributed by atoms with van der Waals surface area (Å²) in [6.45, 7) is 0.996. The Morgan fingerprint density at radius 2 is 2.19 bits per heavy atom. The number of ether oxygens (including phenoxy) is 1. The van der Waals surface area contributed by atoms with Gasteiger partial charge in [0.1, 0.15) is 24.0 Å². The lowest BCUT2D eigenvalue weighted by Crippen LogP contribution is -2.17. The van der Waals surface area contributed by atoms with Gasteiger partial charge < -0.3 is 20.8 Å². The van der Waals surface area contributed by atoms with Crippen molar-refractivity contribution in [1.29, 1.82) is 0 Å². The van der Waals surface area contributed by atoms with Crippen molar-refractivity contribution in [3.05, 3.63) is 46.5 Å². The quantitative estimate of drug-likeness (QED) is 0.555. The first-order valence-corrected chi connectivity index (χ1v) is 7.05. The van der Waals surface area contributed by atoms with E-state index in [1.807, 2.05) is 18.2 Å². The molecule has 0 aliphatic heterocycles. The first kappa shape index (κ1) is 13.5. The van der Waals surface area contributed by atoms with E-state index < -0.39 is 0 Å². The van der Waals surface area contributed by atoms with Crippen molar-refractivity contribution in [3.8, 4) is 5.75 Å². The largest absolute Gasteiger partial charge is 0.490 e. The van der Waals surface area contributed by atoms with Gasteiger partial charge in [0, 0.05) is 12.0 Å². The number of aromatic nitrogens is 2. The van der Waals surface area contributed by atoms with E-state index in [1.54, 1.807) is 6.07 Å². The van der Waals surface area contributed by atoms with E-state index in [9.17, 15) is 4.79 Å². The predicted molar refractivity (Wildman–Crippen MR) is 81.7 cm³/mol. The number of H-pyrrole nitrogens is 1. The van der Waals surface area contributed by atoms with Gasteiger partial charge in [0.05, 0.1) is 12.2 Å². The molecule has 1 heterocycles. The van der Waals surface area contributed by atoms with E-state index in [0.29, 0.717) is 36.3 Å². The molecule has 1 aromatic carbocycles. The van der Waals surface area contributed by atoms with Crippen LogP contribution in [0.25, 0.3) is 0 Å². The molecule has 1 fully saturated rings. The smallest absolute Gasteiger partial charge is 0.252 e. The molecule has 110 valence electrons. The van der Waals surface area contributed by atoms with Gasteiger partial charge in [0.2, 0.25) is 0 Å². The van der Waals surface area contributed by atoms with Gasteiger partial charge in [-0.25, -0.2) is 4.98 Å². The van der Waals surface area contributed by atoms with Crippen LogP contribution in [-0.2, 0) is 0 Å². The van der Waals surface area contributed by atoms with Crippen molar-refractivity contribution in [3.63, 3.8) is 0 Å². The van der Waals surface area contributed by atoms with Crippen molar-refractivity contribution in [1.82, 2.24) is 9.97 Å². The van der Waals surface area contributed by atoms with Gasteiger partial charge in [0.15, 0.2) is 0 Å². The van der Waals surface area contributed by atoms with Gasteiger partial charge in [-0.1, -0.05) is 12.1 Å². The summed E-state index contributed by atoms with van der Waals surface area (Å²) in [6, 6.07) is 8.82. The number of rotatable bonds is 6. The number of anilines is 2. The Balaban J connectivity index is 1.53. The molecule has 1 saturated carbocycles. The molecule has 2 aromatic rings. The molecule has 0 unspecified atom stereocenters. The first-order chi connectivity index (χ1) is 10.2. The van der Waals surface area contributed by atoms with Gasteiger partial charge in [-0.2, -0.15) is 0 Å². The lowest BCUT2D eigenvalue weighted by Gasteiger charge is -2.10. The minimum atomic E-state index is -0.123. The van der Waals surface area contributed by atoms with Crippen LogP contribution in [0.2, 0.25) is 0 Å². The number of nitrogens with one attached hydrogen (secondary N) is 2. The van der Waals surface area contributed by atoms with Crippen LogP contribution in [0.15, 0.2) is 35.1 Å². The average molecular weight is 286 g/mol. The maximum absolute atomic E-state index is 11.6. The molecule has 1 aliphatic carbocycles. The molecule has 0 bridgehead atoms. The number of hydrogen-bond acceptors (Lipinski definition) is 5. The second-order valence-electron chi connectivity index (χ2n) is 5.10. The minimum absolute atomic E-state index is 0.123. The highest BCUT2D eigenvalue weighted by Gasteiger charge is 2.26. The standard InChI is InChI=1S/C15H18N4O2/c16-11-3-1-2-4-12(11)21-8-7-17-13-9-14(20)19-15(18-13)10-5-6-10/h1-4,9-10H,5-8,16H2,(H2,17,18,19,20). The Morgan fingerprint density at radius 1 is 1.38 bits per heavy atom. The van der Waals surface area contributed by atoms with Crippen molar-refractivity contribution in [2.24, 2.45) is 0 Å². The molecule has 1 aliphatic rings. The molecule has 0 radical (unpaired) electrons. The molecule has 0 amide bonds. The highest BCUT2D eigenvalue weighted by molar-refractivity contribution is 5.51. The van der Waals surface area contributed by atoms with E-state index in [2.05, 4.69) is 15.3 Å². The van der Waals surface area contributed by atoms with Gasteiger partial charge in [0.25, 0.3) is 5.56 Å². The highest BCUT2D eigenvalue weighted by atomic mass is 16.5. The van der Waals surface area contributed by atoms with Crippen LogP contribution in [0.3, 0.4) is 0 Å². The van der Waals surface area contributed by atoms with Crippen molar-refractivity contribution in [2.45, 2.75) is 18.8 Å². The Bertz CT molecular complexity index is 679. The summed E-state index contributed by atoms with van der Waals surface area (Å²) in [4.78, 5) is 18.7. The van der Waals surface area contributed by atoms with E-state index in [4.69, 9.17) is 10.5 Å². The molecule has 6 heteroatoms. The average Bonchev–Trinajstić information content (AvgIpc) is 3.29. The van der Waals surface area contributed by atoms with Crippen LogP contribution < -0.4 is 21.3 Å². The molecular weight excluding hydrogens is 268 g/mol. The molecule has 1 aromatic heterocycles. The van der Waals surface area contributed by atoms with Gasteiger partial charge in [-0.3, -0.25) is 4.79 Å². The van der Waals surface area contributed by atoms with Crippen molar-refractivity contribution >= 4 is 11.5 Å². The van der Waals surface area contributed by atoms with Crippen LogP contribution in [0, 0.1) is 0 Å². The summed E-state index contributed by atoms with van der Waals surface area (Å²) in [7, 11) is 0. The van der Waals surface area contributed by atoms with Gasteiger partial charge in [-0.15, -0.1) is 0 Å². The summed E-state index contributed by atoms with van der Waals surface area (Å²) >= 11 is 0. The summed E-state index contributed by atoms with van der Waals surface area (Å²) in [5, 5.41) is 3.10. The molecule has 4 N–H and O–H groups in total. The van der Waals surface area contributed by atoms with E-state index in [1.165, 1.54) is 6.07 Å². The van der Waals surface area contributed by atoms with Crippen LogP contribution in [0.4, 0.5) is 11.5 Å². The second-order valence-corrected chi connectivity index (χ2v) is 5.10. The third-order valence-corrected chi connectivity index (χ3v) is 3.31. The Kier molecular flexibility index (Phi) is 3.77. The Morgan fingerprint density at radius 3 is 2.95 bits per heavy atom. The summed E-state index contributed by atoms with van der Waals surface area (Å²) in [6.07, 6.45) is 2.20. The first-order valence-electron chi connectivity index (χ1n) is 7.05. The molecule has 21 heavy (non-hydrogen) atoms. The second kappa shape index (κ2) is 5.87. The molecule has 0 saturated heterocycles. The molecule has 3 rings (SSSR count). The number of aromatic amines is 1. The molecule has 0 atom stereocenters. The topological polar surface area (TPSA) is 93.0 Å². The zero-order valence-electron chi connectivity index (χ0n) is 11.6. The van der Waals surface area contributed by atoms with Crippen LogP contribution in [-0.4, -0.2) is 23.1 Å². The maximum atomic E-state index is 11.6. The van der Waals surface area contributed by atoms with Gasteiger partial charge >= 0.3 is 0 Å². The summed E-state index contributed by atoms with van der Waals surface area (Å²) < 4.78 is 5.58. The monoisotopic (exact) mass is 286 g/mol. The molecule has 6 nitrogen and oxygen atoms in total. The number of nitrogens with two attached hydrogens (primary N) is 1. The Hall–Kier alpha value is -2.50. The predicted octanol–water partition coefficient (Wildman–Crippen LogP) is 1.72. The zero-order valence-corrected chi connectivity index (χ0v) is 11.6. The number of benzene rings is 1. The summed E-state index contributed by atoms with van der Waals surface area (Å²) in [5.74, 6) is 2.44. The van der Waals surface area contributed by atoms with Crippen LogP contribution >= 0.6 is 0 Å². The summed E-state index contributed by atoms with van der Waals surface area (Å²) in [5.41, 5.74) is 6.28. The minimum Gasteiger partial charge on any atom is -0.490 e. The number of para-hydroxylation sites is 2. The lowest BCUT2D eigenvalue weighted by molar-refractivity contribution is 0.334. The van der Waals surface area contributed by atoms with E-state index >= 15 is 0 Å². The number of nitrogens with zero attached hydrogens (tertiary/aromatic N) is 1. The third kappa shape index (κ3) is 3.53. The number of nitrogen functional groups attached to an aromatic ring is 1. The fourth-order valence-electron chi connectivity index (χ4n) is 2.07. The van der Waals surface area contributed by atoms with Crippen LogP contribution in [0.5, 0.6) is 5.75 Å². The SMILES string of the molecule is Nc1ccccc1OCCNc1cc(=O)[nH]c(C2CC2)n1. The normalized spacial score (nSPS) is 13.9. The van der Waals surface area contributed by atoms with E-state index in [-0.39, 0.29) is 5.56 Å². The van der Waals surface area contributed by atoms with E-state index in [0.717, 1.165) is 18.7 Å². The fourth-order valence-corrected chi connectivity index (χ4v) is 2.07. The van der Waals surface area contributed by atoms with Crippen molar-refractivity contribution < 1.29 is 4.74 Å². The third-order valence-electron chi connectivity index (χ3n) is 3.31. The molecular formula is C15H18N4O2. The zero-order chi connectivity index (χ0) is 14.7. The highest BCUT2D eigenvalue weighted by Crippen LogP contribution is 2.37. The maximum Gasteiger partial charge on any atom is 0.252 e. The Labute approximate surface area is 122 Å². The fraction of sp³-hybridized carbons (Fsp3) is 0.333. The lowest BCUT2D eigenvalue weighted by atomic mass is 10.3. The van der Waals surface area contributed by atoms with Crippen LogP contribution in [0.1, 0.15) is 24.6 Å².